The van der Waals surface area contributed by atoms with Crippen molar-refractivity contribution < 1.29 is 9.53 Å². The first-order chi connectivity index (χ1) is 8.60. The van der Waals surface area contributed by atoms with Gasteiger partial charge in [0, 0.05) is 10.8 Å². The summed E-state index contributed by atoms with van der Waals surface area (Å²) in [6.45, 7) is 12.8. The molecule has 0 radical (unpaired) electrons. The van der Waals surface area contributed by atoms with Crippen molar-refractivity contribution in [2.75, 3.05) is 0 Å². The van der Waals surface area contributed by atoms with E-state index in [0.29, 0.717) is 5.41 Å². The summed E-state index contributed by atoms with van der Waals surface area (Å²) < 4.78 is 6.26. The molecule has 0 N–H and O–H groups in total. The molecule has 2 saturated carbocycles. The Bertz CT molecular complexity index is 371. The van der Waals surface area contributed by atoms with Gasteiger partial charge in [0.1, 0.15) is 5.60 Å². The second-order valence-electron chi connectivity index (χ2n) is 8.34. The van der Waals surface area contributed by atoms with Gasteiger partial charge in [-0.2, -0.15) is 0 Å². The van der Waals surface area contributed by atoms with Gasteiger partial charge in [0.2, 0.25) is 0 Å². The molecule has 0 aromatic rings. The molecule has 0 heterocycles. The van der Waals surface area contributed by atoms with Gasteiger partial charge in [-0.25, -0.2) is 0 Å². The fraction of sp³-hybridized carbons (Fsp3) is 0.941. The molecular formula is C17H30O2. The van der Waals surface area contributed by atoms with Gasteiger partial charge in [-0.05, 0) is 52.4 Å². The van der Waals surface area contributed by atoms with E-state index in [2.05, 4.69) is 27.7 Å². The quantitative estimate of drug-likeness (QED) is 0.691. The Morgan fingerprint density at radius 3 is 2.05 bits per heavy atom. The molecule has 19 heavy (non-hydrogen) atoms. The van der Waals surface area contributed by atoms with Gasteiger partial charge in [0.25, 0.3) is 0 Å². The molecule has 1 unspecified atom stereocenters. The molecule has 2 aliphatic carbocycles. The SMILES string of the molecule is CCC(C)(C)C(=O)OC1(C(C)(C)C)CCCC12CC2. The number of hydrogen-bond acceptors (Lipinski definition) is 2. The summed E-state index contributed by atoms with van der Waals surface area (Å²) in [7, 11) is 0. The van der Waals surface area contributed by atoms with Crippen molar-refractivity contribution in [2.24, 2.45) is 16.2 Å². The van der Waals surface area contributed by atoms with E-state index in [0.717, 1.165) is 12.8 Å². The van der Waals surface area contributed by atoms with E-state index in [1.54, 1.807) is 0 Å². The molecule has 2 heteroatoms. The lowest BCUT2D eigenvalue weighted by Gasteiger charge is -2.47. The van der Waals surface area contributed by atoms with Crippen LogP contribution in [-0.2, 0) is 9.53 Å². The molecule has 0 saturated heterocycles. The molecule has 1 spiro atoms. The topological polar surface area (TPSA) is 26.3 Å². The summed E-state index contributed by atoms with van der Waals surface area (Å²) in [5, 5.41) is 0. The van der Waals surface area contributed by atoms with E-state index in [1.165, 1.54) is 25.7 Å². The highest BCUT2D eigenvalue weighted by Crippen LogP contribution is 2.69. The number of ether oxygens (including phenoxy) is 1. The smallest absolute Gasteiger partial charge is 0.312 e. The number of rotatable bonds is 3. The van der Waals surface area contributed by atoms with E-state index in [4.69, 9.17) is 4.74 Å². The Labute approximate surface area is 118 Å². The van der Waals surface area contributed by atoms with Crippen LogP contribution in [-0.4, -0.2) is 11.6 Å². The second kappa shape index (κ2) is 4.23. The Balaban J connectivity index is 2.29. The largest absolute Gasteiger partial charge is 0.458 e. The predicted octanol–water partition coefficient (Wildman–Crippen LogP) is 4.71. The van der Waals surface area contributed by atoms with Crippen molar-refractivity contribution >= 4 is 5.97 Å². The van der Waals surface area contributed by atoms with Gasteiger partial charge in [0.05, 0.1) is 5.41 Å². The third kappa shape index (κ3) is 2.11. The Kier molecular flexibility index (Phi) is 3.31. The highest BCUT2D eigenvalue weighted by Gasteiger charge is 2.68. The van der Waals surface area contributed by atoms with Crippen LogP contribution >= 0.6 is 0 Å². The molecule has 2 aliphatic rings. The maximum Gasteiger partial charge on any atom is 0.312 e. The molecule has 0 bridgehead atoms. The van der Waals surface area contributed by atoms with E-state index in [1.807, 2.05) is 13.8 Å². The molecule has 0 amide bonds. The molecule has 110 valence electrons. The lowest BCUT2D eigenvalue weighted by molar-refractivity contribution is -0.194. The molecule has 2 rings (SSSR count). The molecule has 1 atom stereocenters. The van der Waals surface area contributed by atoms with Crippen LogP contribution in [0.15, 0.2) is 0 Å². The van der Waals surface area contributed by atoms with Crippen LogP contribution in [0.5, 0.6) is 0 Å². The van der Waals surface area contributed by atoms with Crippen LogP contribution in [0.2, 0.25) is 0 Å². The summed E-state index contributed by atoms with van der Waals surface area (Å²) in [6.07, 6.45) is 6.80. The Morgan fingerprint density at radius 1 is 1.05 bits per heavy atom. The van der Waals surface area contributed by atoms with Crippen LogP contribution in [0.1, 0.15) is 80.1 Å². The molecule has 0 aromatic heterocycles. The zero-order valence-electron chi connectivity index (χ0n) is 13.6. The standard InChI is InChI=1S/C17H30O2/c1-7-15(5,6)13(18)19-17(14(2,3)4)10-8-9-16(17)11-12-16/h7-12H2,1-6H3. The lowest BCUT2D eigenvalue weighted by atomic mass is 9.68. The summed E-state index contributed by atoms with van der Waals surface area (Å²) in [5.74, 6) is -0.00176. The minimum atomic E-state index is -0.364. The normalized spacial score (nSPS) is 29.6. The maximum absolute atomic E-state index is 12.6. The zero-order chi connectivity index (χ0) is 14.5. The fourth-order valence-electron chi connectivity index (χ4n) is 3.87. The van der Waals surface area contributed by atoms with Crippen LogP contribution < -0.4 is 0 Å². The average Bonchev–Trinajstić information content (AvgIpc) is 2.97. The number of carbonyl (C=O) groups is 1. The van der Waals surface area contributed by atoms with Crippen LogP contribution in [0.4, 0.5) is 0 Å². The second-order valence-corrected chi connectivity index (χ2v) is 8.34. The minimum absolute atomic E-state index is 0.00176. The third-order valence-electron chi connectivity index (χ3n) is 5.81. The summed E-state index contributed by atoms with van der Waals surface area (Å²) in [6, 6.07) is 0. The number of carbonyl (C=O) groups excluding carboxylic acids is 1. The van der Waals surface area contributed by atoms with Crippen molar-refractivity contribution in [1.82, 2.24) is 0 Å². The first-order valence-electron chi connectivity index (χ1n) is 7.84. The molecule has 0 aliphatic heterocycles. The van der Waals surface area contributed by atoms with Gasteiger partial charge < -0.3 is 4.74 Å². The fourth-order valence-corrected chi connectivity index (χ4v) is 3.87. The van der Waals surface area contributed by atoms with E-state index < -0.39 is 0 Å². The van der Waals surface area contributed by atoms with Crippen LogP contribution in [0, 0.1) is 16.2 Å². The Hall–Kier alpha value is -0.530. The zero-order valence-corrected chi connectivity index (χ0v) is 13.6. The van der Waals surface area contributed by atoms with Gasteiger partial charge in [-0.1, -0.05) is 27.7 Å². The highest BCUT2D eigenvalue weighted by molar-refractivity contribution is 5.76. The average molecular weight is 266 g/mol. The maximum atomic E-state index is 12.6. The van der Waals surface area contributed by atoms with Crippen molar-refractivity contribution in [3.63, 3.8) is 0 Å². The van der Waals surface area contributed by atoms with E-state index >= 15 is 0 Å². The van der Waals surface area contributed by atoms with Crippen LogP contribution in [0.25, 0.3) is 0 Å². The molecule has 2 fully saturated rings. The van der Waals surface area contributed by atoms with Gasteiger partial charge >= 0.3 is 5.97 Å². The van der Waals surface area contributed by atoms with Gasteiger partial charge in [0.15, 0.2) is 0 Å². The molecule has 0 aromatic carbocycles. The summed E-state index contributed by atoms with van der Waals surface area (Å²) in [4.78, 5) is 12.6. The first kappa shape index (κ1) is 14.9. The van der Waals surface area contributed by atoms with E-state index in [-0.39, 0.29) is 22.4 Å². The van der Waals surface area contributed by atoms with Gasteiger partial charge in [-0.15, -0.1) is 0 Å². The monoisotopic (exact) mass is 266 g/mol. The van der Waals surface area contributed by atoms with Crippen molar-refractivity contribution in [2.45, 2.75) is 85.7 Å². The molecule has 2 nitrogen and oxygen atoms in total. The first-order valence-corrected chi connectivity index (χ1v) is 7.84. The van der Waals surface area contributed by atoms with Crippen molar-refractivity contribution in [3.05, 3.63) is 0 Å². The van der Waals surface area contributed by atoms with Crippen molar-refractivity contribution in [3.8, 4) is 0 Å². The lowest BCUT2D eigenvalue weighted by Crippen LogP contribution is -2.52. The number of esters is 1. The minimum Gasteiger partial charge on any atom is -0.458 e. The van der Waals surface area contributed by atoms with E-state index in [9.17, 15) is 4.79 Å². The molecular weight excluding hydrogens is 236 g/mol. The summed E-state index contributed by atoms with van der Waals surface area (Å²) >= 11 is 0. The third-order valence-corrected chi connectivity index (χ3v) is 5.81. The van der Waals surface area contributed by atoms with Crippen LogP contribution in [0.3, 0.4) is 0 Å². The predicted molar refractivity (Wildman–Crippen MR) is 77.9 cm³/mol. The van der Waals surface area contributed by atoms with Crippen molar-refractivity contribution in [1.29, 1.82) is 0 Å². The van der Waals surface area contributed by atoms with Gasteiger partial charge in [-0.3, -0.25) is 4.79 Å². The number of hydrogen-bond donors (Lipinski definition) is 0. The Morgan fingerprint density at radius 2 is 1.63 bits per heavy atom. The highest BCUT2D eigenvalue weighted by atomic mass is 16.6. The summed E-state index contributed by atoms with van der Waals surface area (Å²) in [5.41, 5.74) is -0.273.